The smallest absolute Gasteiger partial charge is 0.255 e. The molecule has 134 valence electrons. The van der Waals surface area contributed by atoms with Gasteiger partial charge in [0.25, 0.3) is 5.91 Å². The van der Waals surface area contributed by atoms with E-state index < -0.39 is 15.9 Å². The summed E-state index contributed by atoms with van der Waals surface area (Å²) in [6, 6.07) is 13.2. The van der Waals surface area contributed by atoms with Crippen molar-refractivity contribution in [1.82, 2.24) is 9.29 Å². The molecule has 0 atom stereocenters. The number of carbonyl (C=O) groups excluding carboxylic acids is 1. The fraction of sp³-hybridized carbons (Fsp3) is 0.111. The van der Waals surface area contributed by atoms with Gasteiger partial charge in [0.1, 0.15) is 0 Å². The van der Waals surface area contributed by atoms with Gasteiger partial charge in [-0.2, -0.15) is 0 Å². The number of nitrogens with zero attached hydrogens (tertiary/aromatic N) is 2. The zero-order chi connectivity index (χ0) is 18.9. The molecule has 1 aromatic heterocycles. The van der Waals surface area contributed by atoms with Gasteiger partial charge in [-0.25, -0.2) is 12.7 Å². The van der Waals surface area contributed by atoms with Crippen molar-refractivity contribution in [1.29, 1.82) is 0 Å². The molecule has 8 heteroatoms. The Bertz CT molecular complexity index is 1100. The average molecular weight is 434 g/mol. The largest absolute Gasteiger partial charge is 0.321 e. The third-order valence-electron chi connectivity index (χ3n) is 3.83. The van der Waals surface area contributed by atoms with Gasteiger partial charge in [0, 0.05) is 35.7 Å². The summed E-state index contributed by atoms with van der Waals surface area (Å²) in [7, 11) is -0.714. The van der Waals surface area contributed by atoms with Gasteiger partial charge >= 0.3 is 0 Å². The lowest BCUT2D eigenvalue weighted by atomic mass is 10.1. The molecule has 26 heavy (non-hydrogen) atoms. The molecule has 0 unspecified atom stereocenters. The maximum absolute atomic E-state index is 12.6. The van der Waals surface area contributed by atoms with E-state index in [1.54, 1.807) is 24.4 Å². The Labute approximate surface area is 160 Å². The summed E-state index contributed by atoms with van der Waals surface area (Å²) < 4.78 is 26.5. The molecule has 0 bridgehead atoms. The van der Waals surface area contributed by atoms with Crippen molar-refractivity contribution in [2.45, 2.75) is 4.90 Å². The lowest BCUT2D eigenvalue weighted by molar-refractivity contribution is 0.102. The van der Waals surface area contributed by atoms with E-state index in [1.807, 2.05) is 18.2 Å². The first-order valence-electron chi connectivity index (χ1n) is 7.67. The number of hydrogen-bond acceptors (Lipinski definition) is 4. The molecule has 1 heterocycles. The van der Waals surface area contributed by atoms with Gasteiger partial charge in [0.2, 0.25) is 10.0 Å². The first-order valence-corrected chi connectivity index (χ1v) is 9.90. The van der Waals surface area contributed by atoms with E-state index in [0.29, 0.717) is 5.69 Å². The normalized spacial score (nSPS) is 11.7. The van der Waals surface area contributed by atoms with Crippen LogP contribution in [-0.4, -0.2) is 37.7 Å². The molecular formula is C18H16BrN3O3S. The third kappa shape index (κ3) is 3.62. The van der Waals surface area contributed by atoms with Crippen molar-refractivity contribution in [3.8, 4) is 0 Å². The molecule has 0 saturated heterocycles. The first-order chi connectivity index (χ1) is 12.3. The number of nitrogens with one attached hydrogen (secondary N) is 1. The second-order valence-corrected chi connectivity index (χ2v) is 8.86. The summed E-state index contributed by atoms with van der Waals surface area (Å²) in [5.41, 5.74) is 1.60. The molecule has 1 amide bonds. The third-order valence-corrected chi connectivity index (χ3v) is 6.13. The quantitative estimate of drug-likeness (QED) is 0.682. The predicted octanol–water partition coefficient (Wildman–Crippen LogP) is 3.50. The number of aromatic nitrogens is 1. The lowest BCUT2D eigenvalue weighted by Gasteiger charge is -2.13. The van der Waals surface area contributed by atoms with Crippen LogP contribution in [0.2, 0.25) is 0 Å². The second-order valence-electron chi connectivity index (χ2n) is 5.79. The van der Waals surface area contributed by atoms with E-state index in [4.69, 9.17) is 0 Å². The Morgan fingerprint density at radius 3 is 2.62 bits per heavy atom. The monoisotopic (exact) mass is 433 g/mol. The molecule has 6 nitrogen and oxygen atoms in total. The molecule has 2 aromatic carbocycles. The summed E-state index contributed by atoms with van der Waals surface area (Å²) in [5, 5.41) is 3.61. The average Bonchev–Trinajstić information content (AvgIpc) is 2.62. The number of hydrogen-bond donors (Lipinski definition) is 1. The molecule has 0 aliphatic rings. The van der Waals surface area contributed by atoms with Gasteiger partial charge in [-0.05, 0) is 42.5 Å². The minimum atomic E-state index is -3.61. The van der Waals surface area contributed by atoms with E-state index in [-0.39, 0.29) is 10.5 Å². The minimum Gasteiger partial charge on any atom is -0.321 e. The zero-order valence-corrected chi connectivity index (χ0v) is 16.5. The van der Waals surface area contributed by atoms with Crippen LogP contribution in [0.5, 0.6) is 0 Å². The van der Waals surface area contributed by atoms with Crippen molar-refractivity contribution in [3.05, 3.63) is 64.8 Å². The van der Waals surface area contributed by atoms with Crippen LogP contribution >= 0.6 is 15.9 Å². The van der Waals surface area contributed by atoms with Crippen molar-refractivity contribution in [2.75, 3.05) is 19.4 Å². The van der Waals surface area contributed by atoms with Crippen LogP contribution in [0.3, 0.4) is 0 Å². The molecule has 0 saturated carbocycles. The highest BCUT2D eigenvalue weighted by Crippen LogP contribution is 2.26. The van der Waals surface area contributed by atoms with Crippen LogP contribution in [0.25, 0.3) is 10.9 Å². The number of fused-ring (bicyclic) bond motifs is 1. The molecule has 0 aliphatic heterocycles. The number of sulfonamides is 1. The van der Waals surface area contributed by atoms with E-state index in [1.165, 1.54) is 26.2 Å². The zero-order valence-electron chi connectivity index (χ0n) is 14.1. The van der Waals surface area contributed by atoms with Crippen LogP contribution < -0.4 is 5.32 Å². The summed E-state index contributed by atoms with van der Waals surface area (Å²) in [4.78, 5) is 17.0. The maximum atomic E-state index is 12.6. The fourth-order valence-electron chi connectivity index (χ4n) is 2.43. The molecule has 0 spiro atoms. The summed E-state index contributed by atoms with van der Waals surface area (Å²) in [5.74, 6) is -0.395. The van der Waals surface area contributed by atoms with Gasteiger partial charge in [0.15, 0.2) is 0 Å². The minimum absolute atomic E-state index is 0.0671. The second kappa shape index (κ2) is 7.14. The topological polar surface area (TPSA) is 79.4 Å². The van der Waals surface area contributed by atoms with E-state index >= 15 is 0 Å². The van der Waals surface area contributed by atoms with E-state index in [0.717, 1.165) is 19.7 Å². The van der Waals surface area contributed by atoms with E-state index in [2.05, 4.69) is 26.2 Å². The lowest BCUT2D eigenvalue weighted by Crippen LogP contribution is -2.22. The number of halogens is 1. The first kappa shape index (κ1) is 18.5. The summed E-state index contributed by atoms with van der Waals surface area (Å²) in [6.07, 6.45) is 1.61. The molecule has 1 N–H and O–H groups in total. The Morgan fingerprint density at radius 2 is 1.88 bits per heavy atom. The Morgan fingerprint density at radius 1 is 1.12 bits per heavy atom. The molecule has 3 aromatic rings. The van der Waals surface area contributed by atoms with Crippen molar-refractivity contribution in [2.24, 2.45) is 0 Å². The van der Waals surface area contributed by atoms with Gasteiger partial charge in [-0.3, -0.25) is 9.78 Å². The standard InChI is InChI=1S/C18H16BrN3O3S/c1-22(2)26(24,25)14-5-3-4-12(10-14)18(23)21-17-8-9-20-16-7-6-13(19)11-15(16)17/h3-11H,1-2H3,(H,20,21,23). The SMILES string of the molecule is CN(C)S(=O)(=O)c1cccc(C(=O)Nc2ccnc3ccc(Br)cc23)c1. The number of carbonyl (C=O) groups is 1. The van der Waals surface area contributed by atoms with Crippen molar-refractivity contribution >= 4 is 48.5 Å². The predicted molar refractivity (Wildman–Crippen MR) is 105 cm³/mol. The van der Waals surface area contributed by atoms with Gasteiger partial charge in [-0.15, -0.1) is 0 Å². The van der Waals surface area contributed by atoms with Gasteiger partial charge in [-0.1, -0.05) is 22.0 Å². The highest BCUT2D eigenvalue weighted by molar-refractivity contribution is 9.10. The number of rotatable bonds is 4. The van der Waals surface area contributed by atoms with Crippen LogP contribution in [0.15, 0.2) is 64.1 Å². The number of benzene rings is 2. The Balaban J connectivity index is 1.96. The van der Waals surface area contributed by atoms with Crippen molar-refractivity contribution < 1.29 is 13.2 Å². The van der Waals surface area contributed by atoms with E-state index in [9.17, 15) is 13.2 Å². The van der Waals surface area contributed by atoms with Gasteiger partial charge in [0.05, 0.1) is 16.1 Å². The number of pyridine rings is 1. The molecule has 0 aliphatic carbocycles. The van der Waals surface area contributed by atoms with Crippen LogP contribution in [0.1, 0.15) is 10.4 Å². The highest BCUT2D eigenvalue weighted by Gasteiger charge is 2.19. The van der Waals surface area contributed by atoms with Gasteiger partial charge < -0.3 is 5.32 Å². The Hall–Kier alpha value is -2.29. The number of anilines is 1. The summed E-state index contributed by atoms with van der Waals surface area (Å²) >= 11 is 3.41. The molecule has 3 rings (SSSR count). The highest BCUT2D eigenvalue weighted by atomic mass is 79.9. The fourth-order valence-corrected chi connectivity index (χ4v) is 3.74. The van der Waals surface area contributed by atoms with Crippen LogP contribution in [0, 0.1) is 0 Å². The van der Waals surface area contributed by atoms with Crippen LogP contribution in [0.4, 0.5) is 5.69 Å². The number of amides is 1. The summed E-state index contributed by atoms with van der Waals surface area (Å²) in [6.45, 7) is 0. The molecular weight excluding hydrogens is 418 g/mol. The molecule has 0 fully saturated rings. The maximum Gasteiger partial charge on any atom is 0.255 e. The van der Waals surface area contributed by atoms with Crippen LogP contribution in [-0.2, 0) is 10.0 Å². The molecule has 0 radical (unpaired) electrons. The Kier molecular flexibility index (Phi) is 5.08. The van der Waals surface area contributed by atoms with Crippen molar-refractivity contribution in [3.63, 3.8) is 0 Å².